The topological polar surface area (TPSA) is 44.0 Å². The number of aromatic nitrogens is 2. The van der Waals surface area contributed by atoms with Crippen LogP contribution in [0.3, 0.4) is 0 Å². The van der Waals surface area contributed by atoms with Crippen molar-refractivity contribution in [3.63, 3.8) is 0 Å². The van der Waals surface area contributed by atoms with Gasteiger partial charge in [0.05, 0.1) is 6.33 Å². The number of rotatable bonds is 5. The summed E-state index contributed by atoms with van der Waals surface area (Å²) in [6.45, 7) is 7.80. The number of hydrogen-bond donors (Lipinski definition) is 2. The molecule has 1 aromatic rings. The van der Waals surface area contributed by atoms with Gasteiger partial charge in [0, 0.05) is 37.1 Å². The summed E-state index contributed by atoms with van der Waals surface area (Å²) in [6, 6.07) is 1.25. The Balaban J connectivity index is 1.89. The molecule has 0 saturated carbocycles. The highest BCUT2D eigenvalue weighted by Gasteiger charge is 2.19. The molecule has 1 atom stereocenters. The molecule has 1 saturated heterocycles. The van der Waals surface area contributed by atoms with Gasteiger partial charge in [0.15, 0.2) is 0 Å². The zero-order valence-corrected chi connectivity index (χ0v) is 10.2. The highest BCUT2D eigenvalue weighted by Crippen LogP contribution is 2.11. The zero-order chi connectivity index (χ0) is 11.4. The molecule has 1 aliphatic heterocycles. The van der Waals surface area contributed by atoms with Crippen molar-refractivity contribution in [2.75, 3.05) is 13.1 Å². The molecule has 2 N–H and O–H groups in total. The van der Waals surface area contributed by atoms with Gasteiger partial charge in [0.25, 0.3) is 0 Å². The summed E-state index contributed by atoms with van der Waals surface area (Å²) in [6.07, 6.45) is 6.30. The largest absolute Gasteiger partial charge is 0.347 e. The Labute approximate surface area is 97.4 Å². The Morgan fingerprint density at radius 1 is 1.56 bits per heavy atom. The van der Waals surface area contributed by atoms with Crippen LogP contribution in [0.5, 0.6) is 0 Å². The number of H-pyrrole nitrogens is 1. The molecule has 2 rings (SSSR count). The monoisotopic (exact) mass is 222 g/mol. The normalized spacial score (nSPS) is 21.1. The van der Waals surface area contributed by atoms with Gasteiger partial charge in [-0.2, -0.15) is 0 Å². The summed E-state index contributed by atoms with van der Waals surface area (Å²) in [5, 5.41) is 3.55. The third kappa shape index (κ3) is 3.06. The van der Waals surface area contributed by atoms with Crippen molar-refractivity contribution in [1.82, 2.24) is 20.2 Å². The maximum atomic E-state index is 4.07. The van der Waals surface area contributed by atoms with Crippen molar-refractivity contribution in [3.05, 3.63) is 18.2 Å². The first kappa shape index (κ1) is 11.6. The van der Waals surface area contributed by atoms with E-state index in [4.69, 9.17) is 0 Å². The van der Waals surface area contributed by atoms with E-state index in [-0.39, 0.29) is 0 Å². The van der Waals surface area contributed by atoms with Crippen LogP contribution < -0.4 is 5.32 Å². The van der Waals surface area contributed by atoms with Crippen LogP contribution in [0.2, 0.25) is 0 Å². The van der Waals surface area contributed by atoms with Crippen molar-refractivity contribution in [1.29, 1.82) is 0 Å². The van der Waals surface area contributed by atoms with Crippen LogP contribution in [-0.2, 0) is 6.54 Å². The third-order valence-corrected chi connectivity index (χ3v) is 3.28. The highest BCUT2D eigenvalue weighted by molar-refractivity contribution is 4.95. The first-order valence-electron chi connectivity index (χ1n) is 6.20. The molecule has 0 spiro atoms. The van der Waals surface area contributed by atoms with E-state index in [1.807, 2.05) is 6.20 Å². The lowest BCUT2D eigenvalue weighted by Gasteiger charge is -2.28. The van der Waals surface area contributed by atoms with E-state index in [1.54, 1.807) is 6.33 Å². The van der Waals surface area contributed by atoms with E-state index < -0.39 is 0 Å². The van der Waals surface area contributed by atoms with Gasteiger partial charge in [-0.05, 0) is 33.2 Å². The molecule has 2 heterocycles. The molecule has 1 fully saturated rings. The molecule has 1 aromatic heterocycles. The van der Waals surface area contributed by atoms with Crippen LogP contribution in [0, 0.1) is 0 Å². The van der Waals surface area contributed by atoms with Crippen LogP contribution in [-0.4, -0.2) is 40.0 Å². The molecule has 0 aromatic carbocycles. The summed E-state index contributed by atoms with van der Waals surface area (Å²) >= 11 is 0. The van der Waals surface area contributed by atoms with Crippen molar-refractivity contribution in [3.8, 4) is 0 Å². The molecule has 0 amide bonds. The van der Waals surface area contributed by atoms with Gasteiger partial charge in [-0.1, -0.05) is 0 Å². The lowest BCUT2D eigenvalue weighted by atomic mass is 10.2. The Morgan fingerprint density at radius 3 is 3.00 bits per heavy atom. The van der Waals surface area contributed by atoms with Gasteiger partial charge in [0.1, 0.15) is 0 Å². The van der Waals surface area contributed by atoms with Gasteiger partial charge in [-0.15, -0.1) is 0 Å². The predicted octanol–water partition coefficient (Wildman–Crippen LogP) is 1.37. The Bertz CT molecular complexity index is 288. The second kappa shape index (κ2) is 5.46. The lowest BCUT2D eigenvalue weighted by Crippen LogP contribution is -2.40. The lowest BCUT2D eigenvalue weighted by molar-refractivity contribution is 0.192. The predicted molar refractivity (Wildman–Crippen MR) is 65.2 cm³/mol. The molecular weight excluding hydrogens is 200 g/mol. The number of hydrogen-bond acceptors (Lipinski definition) is 3. The molecule has 1 aliphatic rings. The smallest absolute Gasteiger partial charge is 0.0922 e. The van der Waals surface area contributed by atoms with Gasteiger partial charge >= 0.3 is 0 Å². The number of aromatic amines is 1. The van der Waals surface area contributed by atoms with Crippen LogP contribution >= 0.6 is 0 Å². The minimum absolute atomic E-state index is 0.575. The van der Waals surface area contributed by atoms with E-state index in [2.05, 4.69) is 34.0 Å². The van der Waals surface area contributed by atoms with Crippen LogP contribution in [0.15, 0.2) is 12.5 Å². The second-order valence-electron chi connectivity index (χ2n) is 4.89. The fourth-order valence-corrected chi connectivity index (χ4v) is 2.24. The van der Waals surface area contributed by atoms with E-state index in [0.29, 0.717) is 12.1 Å². The zero-order valence-electron chi connectivity index (χ0n) is 10.2. The molecule has 0 bridgehead atoms. The van der Waals surface area contributed by atoms with Gasteiger partial charge in [-0.3, -0.25) is 4.90 Å². The molecule has 0 radical (unpaired) electrons. The van der Waals surface area contributed by atoms with Crippen LogP contribution in [0.4, 0.5) is 0 Å². The van der Waals surface area contributed by atoms with Gasteiger partial charge in [0.2, 0.25) is 0 Å². The Hall–Kier alpha value is -0.870. The number of imidazole rings is 1. The van der Waals surface area contributed by atoms with E-state index >= 15 is 0 Å². The summed E-state index contributed by atoms with van der Waals surface area (Å²) in [5.41, 5.74) is 1.20. The minimum atomic E-state index is 0.575. The van der Waals surface area contributed by atoms with E-state index in [9.17, 15) is 0 Å². The van der Waals surface area contributed by atoms with E-state index in [1.165, 1.54) is 25.1 Å². The third-order valence-electron chi connectivity index (χ3n) is 3.28. The maximum Gasteiger partial charge on any atom is 0.0922 e. The van der Waals surface area contributed by atoms with Crippen molar-refractivity contribution >= 4 is 0 Å². The van der Waals surface area contributed by atoms with Crippen LogP contribution in [0.25, 0.3) is 0 Å². The van der Waals surface area contributed by atoms with E-state index in [0.717, 1.165) is 13.1 Å². The number of nitrogens with one attached hydrogen (secondary N) is 2. The molecule has 90 valence electrons. The highest BCUT2D eigenvalue weighted by atomic mass is 15.2. The summed E-state index contributed by atoms with van der Waals surface area (Å²) in [7, 11) is 0. The first-order chi connectivity index (χ1) is 7.75. The fourth-order valence-electron chi connectivity index (χ4n) is 2.24. The average Bonchev–Trinajstić information content (AvgIpc) is 2.88. The molecule has 4 heteroatoms. The minimum Gasteiger partial charge on any atom is -0.347 e. The van der Waals surface area contributed by atoms with Crippen molar-refractivity contribution in [2.24, 2.45) is 0 Å². The maximum absolute atomic E-state index is 4.07. The van der Waals surface area contributed by atoms with Crippen molar-refractivity contribution in [2.45, 2.75) is 45.3 Å². The molecule has 4 nitrogen and oxygen atoms in total. The van der Waals surface area contributed by atoms with Crippen LogP contribution in [0.1, 0.15) is 32.4 Å². The van der Waals surface area contributed by atoms with Crippen molar-refractivity contribution < 1.29 is 0 Å². The van der Waals surface area contributed by atoms with Gasteiger partial charge < -0.3 is 10.3 Å². The average molecular weight is 222 g/mol. The SMILES string of the molecule is CC(C)N(Cc1cnc[nH]1)CC1CCCN1. The summed E-state index contributed by atoms with van der Waals surface area (Å²) < 4.78 is 0. The molecular formula is C12H22N4. The first-order valence-corrected chi connectivity index (χ1v) is 6.20. The standard InChI is InChI=1S/C12H22N4/c1-10(2)16(7-11-4-3-5-14-11)8-12-6-13-9-15-12/h6,9-11,14H,3-5,7-8H2,1-2H3,(H,13,15). The number of nitrogens with zero attached hydrogens (tertiary/aromatic N) is 2. The molecule has 16 heavy (non-hydrogen) atoms. The molecule has 0 aliphatic carbocycles. The summed E-state index contributed by atoms with van der Waals surface area (Å²) in [4.78, 5) is 9.74. The second-order valence-corrected chi connectivity index (χ2v) is 4.89. The molecule has 1 unspecified atom stereocenters. The Kier molecular flexibility index (Phi) is 3.96. The fraction of sp³-hybridized carbons (Fsp3) is 0.750. The van der Waals surface area contributed by atoms with Gasteiger partial charge in [-0.25, -0.2) is 4.98 Å². The summed E-state index contributed by atoms with van der Waals surface area (Å²) in [5.74, 6) is 0. The quantitative estimate of drug-likeness (QED) is 0.791. The Morgan fingerprint density at radius 2 is 2.44 bits per heavy atom.